The Morgan fingerprint density at radius 1 is 0.676 bits per heavy atom. The summed E-state index contributed by atoms with van der Waals surface area (Å²) in [5, 5.41) is 0.667. The van der Waals surface area contributed by atoms with Gasteiger partial charge in [-0.15, -0.1) is 0 Å². The van der Waals surface area contributed by atoms with Crippen LogP contribution in [0.2, 0.25) is 0 Å². The summed E-state index contributed by atoms with van der Waals surface area (Å²) in [4.78, 5) is 0. The van der Waals surface area contributed by atoms with E-state index < -0.39 is 17.5 Å². The third-order valence-electron chi connectivity index (χ3n) is 5.88. The molecule has 0 heterocycles. The minimum Gasteiger partial charge on any atom is -0.206 e. The molecule has 4 heteroatoms. The molecule has 0 spiro atoms. The molecule has 4 aromatic rings. The zero-order valence-electron chi connectivity index (χ0n) is 18.9. The zero-order chi connectivity index (χ0) is 24.1. The Hall–Kier alpha value is -3.58. The van der Waals surface area contributed by atoms with Gasteiger partial charge in [-0.25, -0.2) is 17.6 Å². The fourth-order valence-electron chi connectivity index (χ4n) is 3.97. The highest BCUT2D eigenvalue weighted by Gasteiger charge is 2.10. The molecule has 4 rings (SSSR count). The third-order valence-corrected chi connectivity index (χ3v) is 5.88. The highest BCUT2D eigenvalue weighted by atomic mass is 19.2. The molecule has 0 unspecified atom stereocenters. The number of rotatable bonds is 6. The molecule has 0 aliphatic carbocycles. The Labute approximate surface area is 197 Å². The van der Waals surface area contributed by atoms with Gasteiger partial charge in [0.1, 0.15) is 11.6 Å². The highest BCUT2D eigenvalue weighted by Crippen LogP contribution is 2.26. The van der Waals surface area contributed by atoms with Crippen molar-refractivity contribution in [3.05, 3.63) is 107 Å². The molecule has 0 aliphatic heterocycles. The van der Waals surface area contributed by atoms with Crippen LogP contribution in [0.15, 0.2) is 66.7 Å². The Bertz CT molecular complexity index is 1390. The summed E-state index contributed by atoms with van der Waals surface area (Å²) < 4.78 is 56.6. The van der Waals surface area contributed by atoms with Crippen LogP contribution in [-0.2, 0) is 6.42 Å². The van der Waals surface area contributed by atoms with Crippen LogP contribution in [0.4, 0.5) is 17.6 Å². The molecule has 0 fully saturated rings. The van der Waals surface area contributed by atoms with Crippen molar-refractivity contribution in [1.29, 1.82) is 0 Å². The molecule has 4 aromatic carbocycles. The largest absolute Gasteiger partial charge is 0.206 e. The highest BCUT2D eigenvalue weighted by molar-refractivity contribution is 5.84. The lowest BCUT2D eigenvalue weighted by atomic mass is 9.99. The van der Waals surface area contributed by atoms with Gasteiger partial charge in [0.05, 0.1) is 5.56 Å². The number of hydrogen-bond donors (Lipinski definition) is 0. The zero-order valence-corrected chi connectivity index (χ0v) is 18.9. The van der Waals surface area contributed by atoms with Crippen LogP contribution in [0.1, 0.15) is 49.3 Å². The number of hydrogen-bond acceptors (Lipinski definition) is 0. The quantitative estimate of drug-likeness (QED) is 0.154. The second-order valence-electron chi connectivity index (χ2n) is 8.37. The van der Waals surface area contributed by atoms with Gasteiger partial charge in [0.15, 0.2) is 11.6 Å². The van der Waals surface area contributed by atoms with Crippen molar-refractivity contribution in [3.8, 4) is 23.0 Å². The number of aryl methyl sites for hydroxylation is 1. The lowest BCUT2D eigenvalue weighted by molar-refractivity contribution is 0.517. The molecule has 0 aromatic heterocycles. The molecule has 172 valence electrons. The average Bonchev–Trinajstić information content (AvgIpc) is 2.83. The minimum absolute atomic E-state index is 0.162. The van der Waals surface area contributed by atoms with E-state index in [0.29, 0.717) is 22.1 Å². The molecule has 0 aliphatic rings. The topological polar surface area (TPSA) is 0 Å². The summed E-state index contributed by atoms with van der Waals surface area (Å²) >= 11 is 0. The summed E-state index contributed by atoms with van der Waals surface area (Å²) in [5.74, 6) is 2.88. The van der Waals surface area contributed by atoms with Crippen molar-refractivity contribution in [1.82, 2.24) is 0 Å². The van der Waals surface area contributed by atoms with Gasteiger partial charge in [-0.2, -0.15) is 0 Å². The lowest BCUT2D eigenvalue weighted by Crippen LogP contribution is -1.92. The average molecular weight is 461 g/mol. The van der Waals surface area contributed by atoms with Crippen molar-refractivity contribution >= 4 is 10.8 Å². The van der Waals surface area contributed by atoms with Crippen molar-refractivity contribution in [3.63, 3.8) is 0 Å². The van der Waals surface area contributed by atoms with Gasteiger partial charge in [-0.05, 0) is 65.8 Å². The van der Waals surface area contributed by atoms with Crippen molar-refractivity contribution in [2.45, 2.75) is 39.0 Å². The van der Waals surface area contributed by atoms with Gasteiger partial charge in [0, 0.05) is 16.5 Å². The molecule has 0 N–H and O–H groups in total. The van der Waals surface area contributed by atoms with E-state index in [0.717, 1.165) is 37.3 Å². The predicted octanol–water partition coefficient (Wildman–Crippen LogP) is 8.59. The Kier molecular flexibility index (Phi) is 7.33. The third kappa shape index (κ3) is 5.31. The minimum atomic E-state index is -0.911. The summed E-state index contributed by atoms with van der Waals surface area (Å²) in [6.07, 6.45) is 5.31. The molecule has 0 bridgehead atoms. The first-order chi connectivity index (χ1) is 16.5. The normalized spacial score (nSPS) is 10.9. The van der Waals surface area contributed by atoms with E-state index in [-0.39, 0.29) is 16.8 Å². The first kappa shape index (κ1) is 23.6. The summed E-state index contributed by atoms with van der Waals surface area (Å²) in [6.45, 7) is 2.15. The Morgan fingerprint density at radius 2 is 1.53 bits per heavy atom. The van der Waals surface area contributed by atoms with Gasteiger partial charge in [0.25, 0.3) is 0 Å². The van der Waals surface area contributed by atoms with Crippen molar-refractivity contribution in [2.75, 3.05) is 0 Å². The van der Waals surface area contributed by atoms with Crippen LogP contribution in [-0.4, -0.2) is 0 Å². The van der Waals surface area contributed by atoms with Crippen LogP contribution in [0.25, 0.3) is 21.9 Å². The van der Waals surface area contributed by atoms with Crippen LogP contribution in [0.3, 0.4) is 0 Å². The van der Waals surface area contributed by atoms with E-state index in [1.165, 1.54) is 36.8 Å². The summed E-state index contributed by atoms with van der Waals surface area (Å²) in [7, 11) is 0. The standard InChI is InChI=1S/C30H24F4/c1-2-3-4-5-6-20-8-14-25(29(33)18-20)24-12-11-22(28(32)19-24)10-7-21-9-15-26-23(17-21)13-16-27(31)30(26)34/h8-9,11-19H,2-6H2,1H3. The molecule has 0 amide bonds. The van der Waals surface area contributed by atoms with Crippen LogP contribution in [0, 0.1) is 35.1 Å². The Morgan fingerprint density at radius 3 is 2.29 bits per heavy atom. The monoisotopic (exact) mass is 460 g/mol. The molecule has 0 nitrogen and oxygen atoms in total. The maximum Gasteiger partial charge on any atom is 0.166 e. The second-order valence-corrected chi connectivity index (χ2v) is 8.37. The van der Waals surface area contributed by atoms with Crippen LogP contribution < -0.4 is 0 Å². The van der Waals surface area contributed by atoms with E-state index in [9.17, 15) is 17.6 Å². The molecule has 0 saturated carbocycles. The van der Waals surface area contributed by atoms with Crippen molar-refractivity contribution in [2.24, 2.45) is 0 Å². The van der Waals surface area contributed by atoms with E-state index >= 15 is 0 Å². The fourth-order valence-corrected chi connectivity index (χ4v) is 3.97. The first-order valence-corrected chi connectivity index (χ1v) is 11.4. The van der Waals surface area contributed by atoms with E-state index in [2.05, 4.69) is 18.8 Å². The number of fused-ring (bicyclic) bond motifs is 1. The first-order valence-electron chi connectivity index (χ1n) is 11.4. The van der Waals surface area contributed by atoms with Gasteiger partial charge in [-0.1, -0.05) is 68.4 Å². The molecule has 0 saturated heterocycles. The van der Waals surface area contributed by atoms with Crippen molar-refractivity contribution < 1.29 is 17.6 Å². The van der Waals surface area contributed by atoms with Gasteiger partial charge in [-0.3, -0.25) is 0 Å². The maximum atomic E-state index is 14.7. The number of unbranched alkanes of at least 4 members (excludes halogenated alkanes) is 3. The SMILES string of the molecule is CCCCCCc1ccc(-c2ccc(C#Cc3ccc4c(F)c(F)ccc4c3)c(F)c2)c(F)c1. The molecule has 0 atom stereocenters. The Balaban J connectivity index is 1.53. The second kappa shape index (κ2) is 10.6. The molecular weight excluding hydrogens is 436 g/mol. The smallest absolute Gasteiger partial charge is 0.166 e. The van der Waals surface area contributed by atoms with Gasteiger partial charge < -0.3 is 0 Å². The molecular formula is C30H24F4. The summed E-state index contributed by atoms with van der Waals surface area (Å²) in [5.41, 5.74) is 2.45. The van der Waals surface area contributed by atoms with Gasteiger partial charge >= 0.3 is 0 Å². The molecule has 34 heavy (non-hydrogen) atoms. The van der Waals surface area contributed by atoms with E-state index in [4.69, 9.17) is 0 Å². The number of benzene rings is 4. The maximum absolute atomic E-state index is 14.7. The fraction of sp³-hybridized carbons (Fsp3) is 0.200. The molecule has 0 radical (unpaired) electrons. The number of halogens is 4. The van der Waals surface area contributed by atoms with Gasteiger partial charge in [0.2, 0.25) is 0 Å². The predicted molar refractivity (Wildman–Crippen MR) is 129 cm³/mol. The van der Waals surface area contributed by atoms with Crippen LogP contribution >= 0.6 is 0 Å². The van der Waals surface area contributed by atoms with E-state index in [1.807, 2.05) is 6.07 Å². The summed E-state index contributed by atoms with van der Waals surface area (Å²) in [6, 6.07) is 16.7. The van der Waals surface area contributed by atoms with Crippen LogP contribution in [0.5, 0.6) is 0 Å². The van der Waals surface area contributed by atoms with E-state index in [1.54, 1.807) is 24.3 Å². The lowest BCUT2D eigenvalue weighted by Gasteiger charge is -2.08.